The third kappa shape index (κ3) is 2.78. The topological polar surface area (TPSA) is 46.5 Å². The Hall–Kier alpha value is -1.51. The van der Waals surface area contributed by atoms with Gasteiger partial charge in [-0.05, 0) is 48.6 Å². The monoisotopic (exact) mass is 288 g/mol. The summed E-state index contributed by atoms with van der Waals surface area (Å²) < 4.78 is 5.91. The van der Waals surface area contributed by atoms with E-state index in [0.717, 1.165) is 50.0 Å². The second kappa shape index (κ2) is 5.36. The molecule has 0 radical (unpaired) electrons. The second-order valence-electron chi connectivity index (χ2n) is 7.25. The molecule has 1 saturated carbocycles. The number of aryl methyl sites for hydroxylation is 1. The molecule has 1 fully saturated rings. The first-order valence-corrected chi connectivity index (χ1v) is 7.95. The number of rotatable bonds is 2. The molecule has 1 aliphatic carbocycles. The van der Waals surface area contributed by atoms with Crippen LogP contribution in [0, 0.1) is 11.3 Å². The normalized spacial score (nSPS) is 27.5. The van der Waals surface area contributed by atoms with E-state index in [9.17, 15) is 9.90 Å². The molecule has 2 unspecified atom stereocenters. The molecule has 0 amide bonds. The van der Waals surface area contributed by atoms with E-state index < -0.39 is 5.97 Å². The third-order valence-corrected chi connectivity index (χ3v) is 5.07. The minimum atomic E-state index is -0.663. The molecule has 1 aliphatic heterocycles. The Morgan fingerprint density at radius 1 is 1.38 bits per heavy atom. The number of hydrogen-bond donors (Lipinski definition) is 1. The molecule has 0 aromatic heterocycles. The van der Waals surface area contributed by atoms with Crippen LogP contribution < -0.4 is 4.74 Å². The Labute approximate surface area is 126 Å². The second-order valence-corrected chi connectivity index (χ2v) is 7.25. The highest BCUT2D eigenvalue weighted by atomic mass is 16.5. The van der Waals surface area contributed by atoms with Gasteiger partial charge in [0.1, 0.15) is 5.75 Å². The highest BCUT2D eigenvalue weighted by Crippen LogP contribution is 2.49. The number of ether oxygens (including phenoxy) is 1. The molecule has 3 nitrogen and oxygen atoms in total. The van der Waals surface area contributed by atoms with Crippen LogP contribution in [0.25, 0.3) is 0 Å². The molecule has 1 N–H and O–H groups in total. The smallest absolute Gasteiger partial charge is 0.307 e. The lowest BCUT2D eigenvalue weighted by atomic mass is 9.65. The van der Waals surface area contributed by atoms with E-state index in [1.54, 1.807) is 0 Å². The summed E-state index contributed by atoms with van der Waals surface area (Å²) in [6.45, 7) is 5.24. The van der Waals surface area contributed by atoms with Gasteiger partial charge >= 0.3 is 5.97 Å². The molecule has 0 spiro atoms. The van der Waals surface area contributed by atoms with Gasteiger partial charge in [-0.2, -0.15) is 0 Å². The van der Waals surface area contributed by atoms with Crippen LogP contribution in [-0.2, 0) is 11.2 Å². The summed E-state index contributed by atoms with van der Waals surface area (Å²) >= 11 is 0. The number of fused-ring (bicyclic) bond motifs is 1. The molecule has 0 saturated heterocycles. The maximum atomic E-state index is 11.7. The molecule has 1 heterocycles. The van der Waals surface area contributed by atoms with Gasteiger partial charge in [-0.15, -0.1) is 0 Å². The average Bonchev–Trinajstić information content (AvgIpc) is 2.45. The van der Waals surface area contributed by atoms with Gasteiger partial charge in [0.15, 0.2) is 0 Å². The summed E-state index contributed by atoms with van der Waals surface area (Å²) in [6, 6.07) is 6.25. The van der Waals surface area contributed by atoms with Crippen molar-refractivity contribution >= 4 is 5.97 Å². The first-order chi connectivity index (χ1) is 9.98. The number of para-hydroxylation sites is 1. The van der Waals surface area contributed by atoms with Gasteiger partial charge in [0, 0.05) is 5.92 Å². The van der Waals surface area contributed by atoms with Gasteiger partial charge in [-0.1, -0.05) is 32.0 Å². The van der Waals surface area contributed by atoms with Crippen molar-refractivity contribution in [2.24, 2.45) is 11.3 Å². The van der Waals surface area contributed by atoms with Crippen molar-refractivity contribution in [3.8, 4) is 5.75 Å². The van der Waals surface area contributed by atoms with Gasteiger partial charge < -0.3 is 9.84 Å². The molecule has 1 aromatic rings. The SMILES string of the molecule is CC1(C)CCC(C(=O)O)C(c2cccc3c2OCCC3)C1. The Morgan fingerprint density at radius 3 is 2.95 bits per heavy atom. The van der Waals surface area contributed by atoms with Crippen molar-refractivity contribution in [2.75, 3.05) is 6.61 Å². The van der Waals surface area contributed by atoms with Gasteiger partial charge in [0.05, 0.1) is 12.5 Å². The largest absolute Gasteiger partial charge is 0.493 e. The van der Waals surface area contributed by atoms with Crippen molar-refractivity contribution in [3.63, 3.8) is 0 Å². The van der Waals surface area contributed by atoms with Gasteiger partial charge in [-0.3, -0.25) is 4.79 Å². The highest BCUT2D eigenvalue weighted by Gasteiger charge is 2.40. The van der Waals surface area contributed by atoms with Crippen LogP contribution in [0.3, 0.4) is 0 Å². The molecule has 2 atom stereocenters. The Morgan fingerprint density at radius 2 is 2.19 bits per heavy atom. The number of carboxylic acids is 1. The van der Waals surface area contributed by atoms with Crippen LogP contribution in [0.15, 0.2) is 18.2 Å². The van der Waals surface area contributed by atoms with Crippen molar-refractivity contribution in [2.45, 2.75) is 51.9 Å². The van der Waals surface area contributed by atoms with Crippen molar-refractivity contribution in [3.05, 3.63) is 29.3 Å². The Kier molecular flexibility index (Phi) is 3.68. The van der Waals surface area contributed by atoms with Crippen LogP contribution in [0.4, 0.5) is 0 Å². The van der Waals surface area contributed by atoms with E-state index in [1.807, 2.05) is 0 Å². The molecular formula is C18H24O3. The summed E-state index contributed by atoms with van der Waals surface area (Å²) in [7, 11) is 0. The van der Waals surface area contributed by atoms with Crippen LogP contribution in [-0.4, -0.2) is 17.7 Å². The fourth-order valence-electron chi connectivity index (χ4n) is 3.92. The third-order valence-electron chi connectivity index (χ3n) is 5.07. The van der Waals surface area contributed by atoms with Crippen LogP contribution in [0.1, 0.15) is 56.6 Å². The lowest BCUT2D eigenvalue weighted by Crippen LogP contribution is -2.33. The average molecular weight is 288 g/mol. The van der Waals surface area contributed by atoms with E-state index >= 15 is 0 Å². The number of carboxylic acid groups (broad SMARTS) is 1. The van der Waals surface area contributed by atoms with Crippen LogP contribution in [0.5, 0.6) is 5.75 Å². The van der Waals surface area contributed by atoms with Crippen LogP contribution >= 0.6 is 0 Å². The predicted octanol–water partition coefficient (Wildman–Crippen LogP) is 4.01. The fraction of sp³-hybridized carbons (Fsp3) is 0.611. The van der Waals surface area contributed by atoms with Gasteiger partial charge in [0.2, 0.25) is 0 Å². The summed E-state index contributed by atoms with van der Waals surface area (Å²) in [5.74, 6) is 0.0935. The maximum Gasteiger partial charge on any atom is 0.307 e. The number of aliphatic carboxylic acids is 1. The minimum Gasteiger partial charge on any atom is -0.493 e. The molecular weight excluding hydrogens is 264 g/mol. The Bertz CT molecular complexity index is 547. The summed E-state index contributed by atoms with van der Waals surface area (Å²) in [6.07, 6.45) is 4.75. The van der Waals surface area contributed by atoms with E-state index in [-0.39, 0.29) is 17.3 Å². The maximum absolute atomic E-state index is 11.7. The summed E-state index contributed by atoms with van der Waals surface area (Å²) in [4.78, 5) is 11.7. The fourth-order valence-corrected chi connectivity index (χ4v) is 3.92. The molecule has 1 aromatic carbocycles. The predicted molar refractivity (Wildman–Crippen MR) is 81.8 cm³/mol. The number of benzene rings is 1. The van der Waals surface area contributed by atoms with Crippen LogP contribution in [0.2, 0.25) is 0 Å². The van der Waals surface area contributed by atoms with Gasteiger partial charge in [-0.25, -0.2) is 0 Å². The van der Waals surface area contributed by atoms with E-state index in [0.29, 0.717) is 0 Å². The Balaban J connectivity index is 2.01. The number of carbonyl (C=O) groups is 1. The summed E-state index contributed by atoms with van der Waals surface area (Å²) in [5, 5.41) is 9.60. The van der Waals surface area contributed by atoms with Crippen molar-refractivity contribution in [1.29, 1.82) is 0 Å². The van der Waals surface area contributed by atoms with E-state index in [2.05, 4.69) is 32.0 Å². The standard InChI is InChI=1S/C18H24O3/c1-18(2)9-8-14(17(19)20)15(11-18)13-7-3-5-12-6-4-10-21-16(12)13/h3,5,7,14-15H,4,6,8-11H2,1-2H3,(H,19,20). The zero-order valence-corrected chi connectivity index (χ0v) is 12.9. The molecule has 21 heavy (non-hydrogen) atoms. The number of hydrogen-bond acceptors (Lipinski definition) is 2. The zero-order chi connectivity index (χ0) is 15.0. The molecule has 0 bridgehead atoms. The van der Waals surface area contributed by atoms with E-state index in [1.165, 1.54) is 5.56 Å². The van der Waals surface area contributed by atoms with Crippen molar-refractivity contribution < 1.29 is 14.6 Å². The molecule has 114 valence electrons. The highest BCUT2D eigenvalue weighted by molar-refractivity contribution is 5.72. The molecule has 3 heteroatoms. The molecule has 2 aliphatic rings. The lowest BCUT2D eigenvalue weighted by Gasteiger charge is -2.40. The summed E-state index contributed by atoms with van der Waals surface area (Å²) in [5.41, 5.74) is 2.56. The van der Waals surface area contributed by atoms with Gasteiger partial charge in [0.25, 0.3) is 0 Å². The first kappa shape index (κ1) is 14.4. The van der Waals surface area contributed by atoms with Crippen molar-refractivity contribution in [1.82, 2.24) is 0 Å². The molecule has 3 rings (SSSR count). The minimum absolute atomic E-state index is 0.0688. The quantitative estimate of drug-likeness (QED) is 0.894. The lowest BCUT2D eigenvalue weighted by molar-refractivity contribution is -0.144. The van der Waals surface area contributed by atoms with E-state index in [4.69, 9.17) is 4.74 Å². The zero-order valence-electron chi connectivity index (χ0n) is 12.9. The first-order valence-electron chi connectivity index (χ1n) is 7.95.